The lowest BCUT2D eigenvalue weighted by Crippen LogP contribution is -2.21. The van der Waals surface area contributed by atoms with E-state index in [1.54, 1.807) is 0 Å². The summed E-state index contributed by atoms with van der Waals surface area (Å²) in [5, 5.41) is 3.29. The zero-order valence-corrected chi connectivity index (χ0v) is 8.23. The molecule has 2 rings (SSSR count). The maximum Gasteiger partial charge on any atom is 0.181 e. The zero-order chi connectivity index (χ0) is 9.26. The van der Waals surface area contributed by atoms with Gasteiger partial charge in [-0.05, 0) is 37.7 Å². The summed E-state index contributed by atoms with van der Waals surface area (Å²) >= 11 is 0. The molecule has 0 bridgehead atoms. The summed E-state index contributed by atoms with van der Waals surface area (Å²) in [5.74, 6) is 0.662. The highest BCUT2D eigenvalue weighted by Gasteiger charge is 2.31. The van der Waals surface area contributed by atoms with Gasteiger partial charge >= 0.3 is 0 Å². The minimum Gasteiger partial charge on any atom is -0.382 e. The zero-order valence-electron chi connectivity index (χ0n) is 8.23. The average Bonchev–Trinajstić information content (AvgIpc) is 2.37. The molecule has 1 atom stereocenters. The molecule has 2 nitrogen and oxygen atoms in total. The van der Waals surface area contributed by atoms with E-state index in [1.165, 1.54) is 18.4 Å². The molecule has 0 aromatic heterocycles. The van der Waals surface area contributed by atoms with Gasteiger partial charge in [-0.1, -0.05) is 6.92 Å². The van der Waals surface area contributed by atoms with Crippen LogP contribution in [0.1, 0.15) is 39.0 Å². The Labute approximate surface area is 79.4 Å². The average molecular weight is 179 g/mol. The molecule has 1 aliphatic carbocycles. The van der Waals surface area contributed by atoms with Gasteiger partial charge in [0.25, 0.3) is 0 Å². The molecule has 0 saturated carbocycles. The number of carbonyl (C=O) groups excluding carboxylic acids is 1. The minimum absolute atomic E-state index is 0.288. The lowest BCUT2D eigenvalue weighted by molar-refractivity contribution is -0.118. The largest absolute Gasteiger partial charge is 0.382 e. The van der Waals surface area contributed by atoms with E-state index in [2.05, 4.69) is 12.2 Å². The van der Waals surface area contributed by atoms with Gasteiger partial charge in [0.2, 0.25) is 0 Å². The van der Waals surface area contributed by atoms with Gasteiger partial charge in [-0.15, -0.1) is 0 Å². The fourth-order valence-corrected chi connectivity index (χ4v) is 2.32. The van der Waals surface area contributed by atoms with Crippen molar-refractivity contribution in [2.45, 2.75) is 39.0 Å². The van der Waals surface area contributed by atoms with Crippen LogP contribution in [0.2, 0.25) is 0 Å². The summed E-state index contributed by atoms with van der Waals surface area (Å²) in [5.41, 5.74) is 2.37. The minimum atomic E-state index is 0.288. The molecule has 0 aromatic carbocycles. The van der Waals surface area contributed by atoms with E-state index in [-0.39, 0.29) is 5.92 Å². The molecule has 2 aliphatic rings. The van der Waals surface area contributed by atoms with E-state index in [0.717, 1.165) is 31.5 Å². The number of Topliss-reactive ketones (excluding diaryl/α,β-unsaturated/α-hetero) is 1. The molecule has 13 heavy (non-hydrogen) atoms. The number of allylic oxidation sites excluding steroid dienone is 2. The van der Waals surface area contributed by atoms with E-state index in [0.29, 0.717) is 5.78 Å². The molecule has 0 saturated heterocycles. The SMILES string of the molecule is CCC1CC2=C(NCCCC2)C1=O. The van der Waals surface area contributed by atoms with Gasteiger partial charge in [0.15, 0.2) is 5.78 Å². The molecular formula is C11H17NO. The molecule has 0 aromatic rings. The summed E-state index contributed by atoms with van der Waals surface area (Å²) in [6.07, 6.45) is 5.61. The predicted molar refractivity (Wildman–Crippen MR) is 52.3 cm³/mol. The van der Waals surface area contributed by atoms with Crippen molar-refractivity contribution in [1.29, 1.82) is 0 Å². The molecule has 72 valence electrons. The van der Waals surface area contributed by atoms with Gasteiger partial charge in [-0.25, -0.2) is 0 Å². The van der Waals surface area contributed by atoms with Gasteiger partial charge < -0.3 is 5.32 Å². The smallest absolute Gasteiger partial charge is 0.181 e. The highest BCUT2D eigenvalue weighted by Crippen LogP contribution is 2.33. The van der Waals surface area contributed by atoms with E-state index in [9.17, 15) is 4.79 Å². The number of nitrogens with one attached hydrogen (secondary N) is 1. The summed E-state index contributed by atoms with van der Waals surface area (Å²) in [4.78, 5) is 11.8. The second kappa shape index (κ2) is 3.52. The molecular weight excluding hydrogens is 162 g/mol. The summed E-state index contributed by atoms with van der Waals surface area (Å²) in [6, 6.07) is 0. The first-order valence-corrected chi connectivity index (χ1v) is 5.33. The van der Waals surface area contributed by atoms with E-state index in [1.807, 2.05) is 0 Å². The number of ketones is 1. The van der Waals surface area contributed by atoms with Crippen LogP contribution in [0.5, 0.6) is 0 Å². The normalized spacial score (nSPS) is 28.4. The van der Waals surface area contributed by atoms with Crippen molar-refractivity contribution in [2.75, 3.05) is 6.54 Å². The van der Waals surface area contributed by atoms with Crippen LogP contribution in [0.3, 0.4) is 0 Å². The van der Waals surface area contributed by atoms with Crippen LogP contribution in [-0.4, -0.2) is 12.3 Å². The van der Waals surface area contributed by atoms with Crippen molar-refractivity contribution >= 4 is 5.78 Å². The van der Waals surface area contributed by atoms with Gasteiger partial charge in [0.05, 0.1) is 5.70 Å². The molecule has 0 fully saturated rings. The second-order valence-electron chi connectivity index (χ2n) is 4.04. The number of hydrogen-bond donors (Lipinski definition) is 1. The topological polar surface area (TPSA) is 29.1 Å². The first-order chi connectivity index (χ1) is 6.33. The quantitative estimate of drug-likeness (QED) is 0.667. The van der Waals surface area contributed by atoms with Gasteiger partial charge in [0.1, 0.15) is 0 Å². The van der Waals surface area contributed by atoms with Crippen LogP contribution < -0.4 is 5.32 Å². The number of hydrogen-bond acceptors (Lipinski definition) is 2. The second-order valence-corrected chi connectivity index (χ2v) is 4.04. The van der Waals surface area contributed by atoms with E-state index in [4.69, 9.17) is 0 Å². The van der Waals surface area contributed by atoms with Gasteiger partial charge in [-0.2, -0.15) is 0 Å². The molecule has 1 N–H and O–H groups in total. The molecule has 2 heteroatoms. The van der Waals surface area contributed by atoms with Crippen LogP contribution in [0.15, 0.2) is 11.3 Å². The van der Waals surface area contributed by atoms with Crippen molar-refractivity contribution in [3.63, 3.8) is 0 Å². The number of rotatable bonds is 1. The summed E-state index contributed by atoms with van der Waals surface area (Å²) in [6.45, 7) is 3.09. The number of carbonyl (C=O) groups is 1. The molecule has 1 unspecified atom stereocenters. The Bertz CT molecular complexity index is 255. The fourth-order valence-electron chi connectivity index (χ4n) is 2.32. The Hall–Kier alpha value is -0.790. The Morgan fingerprint density at radius 1 is 1.46 bits per heavy atom. The maximum atomic E-state index is 11.8. The van der Waals surface area contributed by atoms with Crippen molar-refractivity contribution in [1.82, 2.24) is 5.32 Å². The lowest BCUT2D eigenvalue weighted by Gasteiger charge is -2.07. The third-order valence-corrected chi connectivity index (χ3v) is 3.16. The fraction of sp³-hybridized carbons (Fsp3) is 0.727. The van der Waals surface area contributed by atoms with Crippen LogP contribution in [0, 0.1) is 5.92 Å². The van der Waals surface area contributed by atoms with Crippen LogP contribution in [0.4, 0.5) is 0 Å². The first kappa shape index (κ1) is 8.79. The Balaban J connectivity index is 2.17. The van der Waals surface area contributed by atoms with Gasteiger partial charge in [0, 0.05) is 12.5 Å². The Kier molecular flexibility index (Phi) is 2.38. The summed E-state index contributed by atoms with van der Waals surface area (Å²) in [7, 11) is 0. The standard InChI is InChI=1S/C11H17NO/c1-2-8-7-9-5-3-4-6-12-10(9)11(8)13/h8,12H,2-7H2,1H3. The molecule has 0 spiro atoms. The molecule has 0 radical (unpaired) electrons. The van der Waals surface area contributed by atoms with E-state index < -0.39 is 0 Å². The van der Waals surface area contributed by atoms with Crippen LogP contribution in [-0.2, 0) is 4.79 Å². The first-order valence-electron chi connectivity index (χ1n) is 5.33. The van der Waals surface area contributed by atoms with Crippen LogP contribution in [0.25, 0.3) is 0 Å². The predicted octanol–water partition coefficient (Wildman–Crippen LogP) is 2.01. The highest BCUT2D eigenvalue weighted by molar-refractivity contribution is 6.00. The third kappa shape index (κ3) is 1.50. The monoisotopic (exact) mass is 179 g/mol. The van der Waals surface area contributed by atoms with Crippen molar-refractivity contribution in [3.8, 4) is 0 Å². The molecule has 1 aliphatic heterocycles. The van der Waals surface area contributed by atoms with Crippen molar-refractivity contribution in [2.24, 2.45) is 5.92 Å². The summed E-state index contributed by atoms with van der Waals surface area (Å²) < 4.78 is 0. The lowest BCUT2D eigenvalue weighted by atomic mass is 10.00. The van der Waals surface area contributed by atoms with Crippen molar-refractivity contribution in [3.05, 3.63) is 11.3 Å². The van der Waals surface area contributed by atoms with Gasteiger partial charge in [-0.3, -0.25) is 4.79 Å². The maximum absolute atomic E-state index is 11.8. The Morgan fingerprint density at radius 3 is 3.08 bits per heavy atom. The highest BCUT2D eigenvalue weighted by atomic mass is 16.1. The molecule has 1 heterocycles. The van der Waals surface area contributed by atoms with Crippen LogP contribution >= 0.6 is 0 Å². The third-order valence-electron chi connectivity index (χ3n) is 3.16. The Morgan fingerprint density at radius 2 is 2.31 bits per heavy atom. The molecule has 0 amide bonds. The van der Waals surface area contributed by atoms with Crippen molar-refractivity contribution < 1.29 is 4.79 Å². The van der Waals surface area contributed by atoms with E-state index >= 15 is 0 Å².